The van der Waals surface area contributed by atoms with Crippen LogP contribution in [0, 0.1) is 17.8 Å². The first-order chi connectivity index (χ1) is 12.2. The summed E-state index contributed by atoms with van der Waals surface area (Å²) in [5, 5.41) is 3.25. The molecule has 6 heteroatoms. The molecular formula is C20H36ClN3O2. The Hall–Kier alpha value is -0.810. The fourth-order valence-electron chi connectivity index (χ4n) is 5.11. The van der Waals surface area contributed by atoms with Gasteiger partial charge in [0, 0.05) is 37.5 Å². The van der Waals surface area contributed by atoms with Gasteiger partial charge in [-0.1, -0.05) is 32.1 Å². The van der Waals surface area contributed by atoms with Gasteiger partial charge < -0.3 is 16.0 Å². The molecule has 3 rings (SSSR count). The number of rotatable bonds is 5. The predicted molar refractivity (Wildman–Crippen MR) is 106 cm³/mol. The lowest BCUT2D eigenvalue weighted by atomic mass is 9.77. The molecule has 2 aliphatic carbocycles. The normalized spacial score (nSPS) is 28.3. The van der Waals surface area contributed by atoms with Gasteiger partial charge in [-0.05, 0) is 44.4 Å². The van der Waals surface area contributed by atoms with E-state index in [4.69, 9.17) is 5.73 Å². The summed E-state index contributed by atoms with van der Waals surface area (Å²) in [6.07, 6.45) is 12.2. The first-order valence-electron chi connectivity index (χ1n) is 10.5. The molecule has 0 aromatic heterocycles. The molecule has 2 saturated carbocycles. The summed E-state index contributed by atoms with van der Waals surface area (Å²) in [5.41, 5.74) is 5.99. The van der Waals surface area contributed by atoms with E-state index >= 15 is 0 Å². The zero-order valence-electron chi connectivity index (χ0n) is 16.0. The molecule has 0 radical (unpaired) electrons. The highest BCUT2D eigenvalue weighted by Gasteiger charge is 2.39. The number of hydrogen-bond acceptors (Lipinski definition) is 3. The van der Waals surface area contributed by atoms with Gasteiger partial charge in [-0.3, -0.25) is 9.59 Å². The maximum absolute atomic E-state index is 13.0. The third-order valence-corrected chi connectivity index (χ3v) is 6.64. The second-order valence-corrected chi connectivity index (χ2v) is 8.28. The van der Waals surface area contributed by atoms with E-state index in [2.05, 4.69) is 5.32 Å². The maximum Gasteiger partial charge on any atom is 0.226 e. The Morgan fingerprint density at radius 1 is 0.885 bits per heavy atom. The average molecular weight is 386 g/mol. The maximum atomic E-state index is 13.0. The Morgan fingerprint density at radius 3 is 2.08 bits per heavy atom. The molecule has 3 atom stereocenters. The Labute approximate surface area is 164 Å². The molecule has 1 saturated heterocycles. The summed E-state index contributed by atoms with van der Waals surface area (Å²) in [5.74, 6) is 0.549. The molecule has 0 bridgehead atoms. The molecule has 0 spiro atoms. The van der Waals surface area contributed by atoms with Crippen LogP contribution in [0.25, 0.3) is 0 Å². The van der Waals surface area contributed by atoms with Gasteiger partial charge in [0.15, 0.2) is 0 Å². The van der Waals surface area contributed by atoms with Crippen molar-refractivity contribution in [2.45, 2.75) is 76.7 Å². The second-order valence-electron chi connectivity index (χ2n) is 8.28. The number of nitrogens with zero attached hydrogens (tertiary/aromatic N) is 1. The minimum absolute atomic E-state index is 0. The molecule has 1 heterocycles. The second kappa shape index (κ2) is 10.5. The van der Waals surface area contributed by atoms with Crippen molar-refractivity contribution < 1.29 is 9.59 Å². The largest absolute Gasteiger partial charge is 0.352 e. The highest BCUT2D eigenvalue weighted by molar-refractivity contribution is 5.88. The van der Waals surface area contributed by atoms with Crippen molar-refractivity contribution in [3.63, 3.8) is 0 Å². The Bertz CT molecular complexity index is 462. The average Bonchev–Trinajstić information content (AvgIpc) is 3.21. The molecule has 3 fully saturated rings. The van der Waals surface area contributed by atoms with Gasteiger partial charge in [-0.15, -0.1) is 12.4 Å². The molecule has 3 N–H and O–H groups in total. The number of likely N-dealkylation sites (tertiary alicyclic amines) is 1. The molecule has 3 aliphatic rings. The summed E-state index contributed by atoms with van der Waals surface area (Å²) in [7, 11) is 0. The SMILES string of the molecule is Cl.NCC(NC(=O)C1CCCCC1C(=O)N1CCCC1)C1CCCCC1. The van der Waals surface area contributed by atoms with Crippen LogP contribution < -0.4 is 11.1 Å². The van der Waals surface area contributed by atoms with Crippen molar-refractivity contribution in [3.05, 3.63) is 0 Å². The zero-order valence-corrected chi connectivity index (χ0v) is 16.8. The van der Waals surface area contributed by atoms with Crippen LogP contribution in [-0.2, 0) is 9.59 Å². The topological polar surface area (TPSA) is 75.4 Å². The number of hydrogen-bond donors (Lipinski definition) is 2. The van der Waals surface area contributed by atoms with E-state index in [1.165, 1.54) is 32.1 Å². The fourth-order valence-corrected chi connectivity index (χ4v) is 5.11. The van der Waals surface area contributed by atoms with E-state index in [9.17, 15) is 9.59 Å². The number of nitrogens with one attached hydrogen (secondary N) is 1. The Balaban J connectivity index is 0.00000243. The van der Waals surface area contributed by atoms with Crippen LogP contribution in [0.1, 0.15) is 70.6 Å². The van der Waals surface area contributed by atoms with Crippen LogP contribution >= 0.6 is 12.4 Å². The molecule has 0 aromatic rings. The highest BCUT2D eigenvalue weighted by Crippen LogP contribution is 2.33. The van der Waals surface area contributed by atoms with Crippen LogP contribution in [0.4, 0.5) is 0 Å². The minimum Gasteiger partial charge on any atom is -0.352 e. The molecule has 2 amide bonds. The van der Waals surface area contributed by atoms with Crippen LogP contribution in [0.2, 0.25) is 0 Å². The predicted octanol–water partition coefficient (Wildman–Crippen LogP) is 2.86. The minimum atomic E-state index is -0.153. The van der Waals surface area contributed by atoms with E-state index in [1.807, 2.05) is 4.90 Å². The fraction of sp³-hybridized carbons (Fsp3) is 0.900. The first-order valence-corrected chi connectivity index (χ1v) is 10.5. The number of halogens is 1. The van der Waals surface area contributed by atoms with Gasteiger partial charge in [0.1, 0.15) is 0 Å². The van der Waals surface area contributed by atoms with Crippen molar-refractivity contribution in [2.75, 3.05) is 19.6 Å². The van der Waals surface area contributed by atoms with E-state index in [-0.39, 0.29) is 42.1 Å². The van der Waals surface area contributed by atoms with Crippen molar-refractivity contribution in [1.82, 2.24) is 10.2 Å². The smallest absolute Gasteiger partial charge is 0.226 e. The molecular weight excluding hydrogens is 350 g/mol. The van der Waals surface area contributed by atoms with Gasteiger partial charge in [-0.2, -0.15) is 0 Å². The Morgan fingerprint density at radius 2 is 1.46 bits per heavy atom. The molecule has 5 nitrogen and oxygen atoms in total. The summed E-state index contributed by atoms with van der Waals surface area (Å²) in [4.78, 5) is 27.9. The van der Waals surface area contributed by atoms with Gasteiger partial charge in [0.25, 0.3) is 0 Å². The van der Waals surface area contributed by atoms with E-state index in [0.29, 0.717) is 12.5 Å². The number of carbonyl (C=O) groups excluding carboxylic acids is 2. The van der Waals surface area contributed by atoms with Crippen molar-refractivity contribution in [2.24, 2.45) is 23.5 Å². The van der Waals surface area contributed by atoms with E-state index in [1.54, 1.807) is 0 Å². The van der Waals surface area contributed by atoms with Gasteiger partial charge in [0.05, 0.1) is 0 Å². The van der Waals surface area contributed by atoms with Gasteiger partial charge in [-0.25, -0.2) is 0 Å². The van der Waals surface area contributed by atoms with Gasteiger partial charge in [0.2, 0.25) is 11.8 Å². The zero-order chi connectivity index (χ0) is 17.6. The van der Waals surface area contributed by atoms with E-state index in [0.717, 1.165) is 51.6 Å². The summed E-state index contributed by atoms with van der Waals surface area (Å²) >= 11 is 0. The highest BCUT2D eigenvalue weighted by atomic mass is 35.5. The number of carbonyl (C=O) groups is 2. The molecule has 1 aliphatic heterocycles. The van der Waals surface area contributed by atoms with Crippen LogP contribution in [0.5, 0.6) is 0 Å². The third kappa shape index (κ3) is 5.13. The third-order valence-electron chi connectivity index (χ3n) is 6.64. The van der Waals surface area contributed by atoms with Crippen molar-refractivity contribution >= 4 is 24.2 Å². The molecule has 0 aromatic carbocycles. The monoisotopic (exact) mass is 385 g/mol. The molecule has 26 heavy (non-hydrogen) atoms. The van der Waals surface area contributed by atoms with Crippen LogP contribution in [-0.4, -0.2) is 42.4 Å². The van der Waals surface area contributed by atoms with Crippen LogP contribution in [0.15, 0.2) is 0 Å². The lowest BCUT2D eigenvalue weighted by Gasteiger charge is -2.35. The Kier molecular flexibility index (Phi) is 8.68. The number of nitrogens with two attached hydrogens (primary N) is 1. The summed E-state index contributed by atoms with van der Waals surface area (Å²) < 4.78 is 0. The molecule has 150 valence electrons. The van der Waals surface area contributed by atoms with Crippen molar-refractivity contribution in [1.29, 1.82) is 0 Å². The standard InChI is InChI=1S/C20H35N3O2.ClH/c21-14-18(15-8-2-1-3-9-15)22-19(24)16-10-4-5-11-17(16)20(25)23-12-6-7-13-23;/h15-18H,1-14,21H2,(H,22,24);1H. The van der Waals surface area contributed by atoms with Crippen LogP contribution in [0.3, 0.4) is 0 Å². The van der Waals surface area contributed by atoms with Gasteiger partial charge >= 0.3 is 0 Å². The first kappa shape index (κ1) is 21.5. The summed E-state index contributed by atoms with van der Waals surface area (Å²) in [6.45, 7) is 2.25. The molecule has 3 unspecified atom stereocenters. The number of amides is 2. The van der Waals surface area contributed by atoms with Crippen molar-refractivity contribution in [3.8, 4) is 0 Å². The quantitative estimate of drug-likeness (QED) is 0.764. The lowest BCUT2D eigenvalue weighted by molar-refractivity contribution is -0.143. The van der Waals surface area contributed by atoms with E-state index < -0.39 is 0 Å². The lowest BCUT2D eigenvalue weighted by Crippen LogP contribution is -2.51. The summed E-state index contributed by atoms with van der Waals surface area (Å²) in [6, 6.07) is 0.0808.